The highest BCUT2D eigenvalue weighted by atomic mass is 31.2. The maximum atomic E-state index is 17.7. The van der Waals surface area contributed by atoms with Crippen molar-refractivity contribution in [2.45, 2.75) is 0 Å². The molecule has 0 bridgehead atoms. The fourth-order valence-electron chi connectivity index (χ4n) is 12.8. The van der Waals surface area contributed by atoms with Gasteiger partial charge in [-0.15, -0.1) is 0 Å². The van der Waals surface area contributed by atoms with E-state index in [-0.39, 0.29) is 13.1 Å². The van der Waals surface area contributed by atoms with Crippen LogP contribution in [0, 0.1) is 150 Å². The quantitative estimate of drug-likeness (QED) is 0.0763. The lowest BCUT2D eigenvalue weighted by atomic mass is 9.99. The monoisotopic (exact) mass is 1240 g/mol. The molecule has 11 heterocycles. The molecule has 8 aromatic heterocycles. The van der Waals surface area contributed by atoms with Gasteiger partial charge in [0.2, 0.25) is 23.3 Å². The second kappa shape index (κ2) is 15.8. The summed E-state index contributed by atoms with van der Waals surface area (Å²) in [6, 6.07) is 3.46. The zero-order valence-electron chi connectivity index (χ0n) is 40.1. The molecule has 0 saturated carbocycles. The van der Waals surface area contributed by atoms with Crippen LogP contribution in [-0.2, 0) is 4.57 Å². The van der Waals surface area contributed by atoms with Crippen LogP contribution in [0.1, 0.15) is 22.5 Å². The van der Waals surface area contributed by atoms with E-state index in [1.807, 2.05) is 0 Å². The number of benzene rings is 5. The molecule has 3 aliphatic heterocycles. The molecule has 0 radical (unpaired) electrons. The van der Waals surface area contributed by atoms with Crippen LogP contribution in [0.15, 0.2) is 36.4 Å². The van der Waals surface area contributed by atoms with Gasteiger partial charge >= 0.3 is 7.44 Å². The highest BCUT2D eigenvalue weighted by molar-refractivity contribution is 7.69. The molecule has 0 fully saturated rings. The van der Waals surface area contributed by atoms with Crippen LogP contribution in [0.2, 0.25) is 0 Å². The van der Waals surface area contributed by atoms with Gasteiger partial charge in [0.05, 0.1) is 99.0 Å². The SMILES string of the molecule is O=P12c3c4nc5c(-c6c(F)c(F)c(F)c(F)c6F)c6ccc7c(-c8c(F)c(F)c(F)c(F)c8F)c8c(c(c35)c3c(c5c(F)c(F)c(F)c(F)c5n83)=c3ccc(n31)=C(c1c(F)c(F)c(F)c(F)c1F)c1ccc(n12)C=4c1c(F)c(F)c(F)c(F)c1F)n67. The third kappa shape index (κ3) is 5.28. The Kier molecular flexibility index (Phi) is 9.57. The van der Waals surface area contributed by atoms with Gasteiger partial charge in [-0.3, -0.25) is 13.2 Å². The zero-order valence-corrected chi connectivity index (χ0v) is 41.0. The average molecular weight is 1240 g/mol. The first kappa shape index (κ1) is 52.0. The Morgan fingerprint density at radius 1 is 0.302 bits per heavy atom. The molecule has 430 valence electrons. The number of halogens is 24. The molecule has 31 heteroatoms. The van der Waals surface area contributed by atoms with Gasteiger partial charge in [-0.05, 0) is 36.4 Å². The summed E-state index contributed by atoms with van der Waals surface area (Å²) in [6.45, 7) is 0. The van der Waals surface area contributed by atoms with E-state index in [2.05, 4.69) is 4.98 Å². The molecule has 0 saturated heterocycles. The van der Waals surface area contributed by atoms with Crippen molar-refractivity contribution in [1.29, 1.82) is 0 Å². The second-order valence-corrected chi connectivity index (χ2v) is 22.1. The molecular weight excluding hydrogens is 1230 g/mol. The van der Waals surface area contributed by atoms with Crippen LogP contribution in [0.5, 0.6) is 0 Å². The smallest absolute Gasteiger partial charge is 0.304 e. The second-order valence-electron chi connectivity index (χ2n) is 19.7. The molecule has 0 N–H and O–H groups in total. The Morgan fingerprint density at radius 2 is 0.698 bits per heavy atom. The molecule has 3 aliphatic rings. The molecular formula is C55H6F24N5OP. The summed E-state index contributed by atoms with van der Waals surface area (Å²) < 4.78 is 405. The lowest BCUT2D eigenvalue weighted by molar-refractivity contribution is 0.376. The van der Waals surface area contributed by atoms with Crippen molar-refractivity contribution in [3.63, 3.8) is 0 Å². The first-order chi connectivity index (χ1) is 40.7. The van der Waals surface area contributed by atoms with Gasteiger partial charge in [-0.25, -0.2) is 110 Å². The minimum absolute atomic E-state index is 0.199. The van der Waals surface area contributed by atoms with Crippen LogP contribution in [0.25, 0.3) is 88.2 Å². The lowest BCUT2D eigenvalue weighted by Gasteiger charge is -2.34. The van der Waals surface area contributed by atoms with Gasteiger partial charge in [-0.1, -0.05) is 0 Å². The van der Waals surface area contributed by atoms with Crippen LogP contribution in [0.3, 0.4) is 0 Å². The number of nitrogens with zero attached hydrogens (tertiary/aromatic N) is 5. The van der Waals surface area contributed by atoms with Gasteiger partial charge in [0.1, 0.15) is 0 Å². The molecule has 0 spiro atoms. The van der Waals surface area contributed by atoms with E-state index >= 15 is 101 Å². The first-order valence-electron chi connectivity index (χ1n) is 23.8. The Morgan fingerprint density at radius 3 is 1.20 bits per heavy atom. The molecule has 1 atom stereocenters. The number of aromatic nitrogens is 5. The minimum Gasteiger partial charge on any atom is -0.306 e. The van der Waals surface area contributed by atoms with E-state index in [9.17, 15) is 8.78 Å². The first-order valence-corrected chi connectivity index (χ1v) is 25.4. The van der Waals surface area contributed by atoms with E-state index in [0.29, 0.717) is 40.8 Å². The number of hydrogen-bond acceptors (Lipinski definition) is 2. The molecule has 0 amide bonds. The van der Waals surface area contributed by atoms with Gasteiger partial charge in [0.25, 0.3) is 0 Å². The van der Waals surface area contributed by atoms with E-state index in [1.165, 1.54) is 0 Å². The third-order valence-corrected chi connectivity index (χ3v) is 19.0. The normalized spacial score (nSPS) is 15.3. The lowest BCUT2D eigenvalue weighted by Crippen LogP contribution is -2.42. The largest absolute Gasteiger partial charge is 0.306 e. The van der Waals surface area contributed by atoms with E-state index in [4.69, 9.17) is 0 Å². The summed E-state index contributed by atoms with van der Waals surface area (Å²) in [7, 11) is -6.14. The van der Waals surface area contributed by atoms with Crippen LogP contribution < -0.4 is 16.0 Å². The molecule has 13 aromatic rings. The molecule has 5 aromatic carbocycles. The van der Waals surface area contributed by atoms with Gasteiger partial charge in [-0.2, -0.15) is 0 Å². The van der Waals surface area contributed by atoms with Crippen molar-refractivity contribution >= 4 is 78.7 Å². The summed E-state index contributed by atoms with van der Waals surface area (Å²) in [5, 5.41) is -10.3. The summed E-state index contributed by atoms with van der Waals surface area (Å²) >= 11 is 0. The van der Waals surface area contributed by atoms with Gasteiger partial charge in [0, 0.05) is 38.3 Å². The van der Waals surface area contributed by atoms with Crippen LogP contribution in [-0.4, -0.2) is 22.5 Å². The Bertz CT molecular complexity index is 5820. The summed E-state index contributed by atoms with van der Waals surface area (Å²) in [6.07, 6.45) is 0. The standard InChI is InChI=1S/C55H6F24N5OP/c56-25-18(26(57)35(66)43(74)34(25)65)13-9-3-5-11-15(20-29(60)38(69)45(76)39(70)30(20)61)50-55-23-24-51-17(12-6-4-10(13)84(12)86(55,85)83(9)11)22-33(64)42(73)47(78)48(79)52(22)82(51)53-16(21-31(62)40(71)46(77)41(72)32(21)63)8-2-1-7(81(8)54(24)53)14(49(23)80-50)19-27(58)36(67)44(75)37(68)28(19)59/h1-6H. The summed E-state index contributed by atoms with van der Waals surface area (Å²) in [5.41, 5.74) is -25.4. The topological polar surface area (TPSA) is 48.6 Å². The fourth-order valence-corrected chi connectivity index (χ4v) is 16.2. The van der Waals surface area contributed by atoms with E-state index in [0.717, 1.165) is 0 Å². The van der Waals surface area contributed by atoms with Crippen LogP contribution >= 0.6 is 7.44 Å². The molecule has 0 aliphatic carbocycles. The van der Waals surface area contributed by atoms with E-state index in [1.54, 1.807) is 0 Å². The predicted octanol–water partition coefficient (Wildman–Crippen LogP) is 14.0. The van der Waals surface area contributed by atoms with Gasteiger partial charge < -0.3 is 8.80 Å². The minimum atomic E-state index is -6.14. The summed E-state index contributed by atoms with van der Waals surface area (Å²) in [5.74, 6) is -66.4. The Labute approximate surface area is 452 Å². The third-order valence-electron chi connectivity index (χ3n) is 16.0. The highest BCUT2D eigenvalue weighted by Crippen LogP contribution is 2.61. The zero-order chi connectivity index (χ0) is 61.0. The molecule has 16 rings (SSSR count). The van der Waals surface area contributed by atoms with Crippen molar-refractivity contribution in [3.05, 3.63) is 220 Å². The van der Waals surface area contributed by atoms with Crippen molar-refractivity contribution < 1.29 is 110 Å². The number of rotatable bonds is 4. The average Bonchev–Trinajstić information content (AvgIpc) is 1.45. The van der Waals surface area contributed by atoms with Crippen molar-refractivity contribution in [2.24, 2.45) is 0 Å². The summed E-state index contributed by atoms with van der Waals surface area (Å²) in [4.78, 5) is 4.31. The van der Waals surface area contributed by atoms with Gasteiger partial charge in [0.15, 0.2) is 116 Å². The predicted molar refractivity (Wildman–Crippen MR) is 248 cm³/mol. The maximum Gasteiger partial charge on any atom is 0.304 e. The highest BCUT2D eigenvalue weighted by Gasteiger charge is 2.51. The molecule has 6 nitrogen and oxygen atoms in total. The molecule has 1 unspecified atom stereocenters. The Balaban J connectivity index is 1.35. The Hall–Kier alpha value is -9.60. The van der Waals surface area contributed by atoms with Crippen molar-refractivity contribution in [3.8, 4) is 22.3 Å². The van der Waals surface area contributed by atoms with Crippen molar-refractivity contribution in [1.82, 2.24) is 22.5 Å². The molecule has 86 heavy (non-hydrogen) atoms. The number of hydrogen-bond donors (Lipinski definition) is 0. The van der Waals surface area contributed by atoms with E-state index < -0.39 is 284 Å². The fraction of sp³-hybridized carbons (Fsp3) is 0. The maximum absolute atomic E-state index is 17.7. The number of fused-ring (bicyclic) bond motifs is 4. The van der Waals surface area contributed by atoms with Crippen molar-refractivity contribution in [2.75, 3.05) is 0 Å². The van der Waals surface area contributed by atoms with Crippen LogP contribution in [0.4, 0.5) is 105 Å².